The van der Waals surface area contributed by atoms with E-state index in [1.807, 2.05) is 28.8 Å². The normalized spacial score (nSPS) is 10.8. The standard InChI is InChI=1S/C15H15N5O2/c1-2-9-20-12-6-4-3-5-10(12)16-15(20)17-14(22)11-7-8-13(21)19-18-11/h3-8H,2,9H2,1H3,(H,19,21)(H,16,17,22). The Hall–Kier alpha value is -2.96. The second-order valence-electron chi connectivity index (χ2n) is 4.84. The molecule has 0 atom stereocenters. The monoisotopic (exact) mass is 297 g/mol. The first kappa shape index (κ1) is 14.0. The maximum atomic E-state index is 12.2. The molecule has 0 radical (unpaired) electrons. The molecule has 2 aromatic heterocycles. The first-order valence-corrected chi connectivity index (χ1v) is 7.01. The van der Waals surface area contributed by atoms with Crippen LogP contribution < -0.4 is 10.9 Å². The summed E-state index contributed by atoms with van der Waals surface area (Å²) in [6, 6.07) is 10.3. The molecule has 3 rings (SSSR count). The third-order valence-electron chi connectivity index (χ3n) is 3.24. The molecule has 112 valence electrons. The van der Waals surface area contributed by atoms with Crippen LogP contribution in [0.1, 0.15) is 23.8 Å². The van der Waals surface area contributed by atoms with Crippen LogP contribution >= 0.6 is 0 Å². The van der Waals surface area contributed by atoms with Gasteiger partial charge in [0.2, 0.25) is 5.95 Å². The molecule has 0 bridgehead atoms. The van der Waals surface area contributed by atoms with Crippen molar-refractivity contribution < 1.29 is 4.79 Å². The number of hydrogen-bond acceptors (Lipinski definition) is 4. The zero-order valence-electron chi connectivity index (χ0n) is 12.0. The number of amides is 1. The lowest BCUT2D eigenvalue weighted by Gasteiger charge is -2.08. The van der Waals surface area contributed by atoms with Gasteiger partial charge in [-0.25, -0.2) is 10.1 Å². The van der Waals surface area contributed by atoms with E-state index in [1.54, 1.807) is 0 Å². The fourth-order valence-corrected chi connectivity index (χ4v) is 2.26. The summed E-state index contributed by atoms with van der Waals surface area (Å²) in [5, 5.41) is 8.71. The molecule has 0 saturated heterocycles. The number of imidazole rings is 1. The SMILES string of the molecule is CCCn1c(NC(=O)c2ccc(=O)[nH]n2)nc2ccccc21. The van der Waals surface area contributed by atoms with Gasteiger partial charge in [0.25, 0.3) is 11.5 Å². The van der Waals surface area contributed by atoms with Gasteiger partial charge >= 0.3 is 0 Å². The lowest BCUT2D eigenvalue weighted by molar-refractivity contribution is 0.102. The van der Waals surface area contributed by atoms with E-state index in [2.05, 4.69) is 27.4 Å². The molecule has 0 aliphatic heterocycles. The number of carbonyl (C=O) groups excluding carboxylic acids is 1. The van der Waals surface area contributed by atoms with Gasteiger partial charge in [0, 0.05) is 12.6 Å². The zero-order valence-corrected chi connectivity index (χ0v) is 12.0. The summed E-state index contributed by atoms with van der Waals surface area (Å²) in [5.41, 5.74) is 1.57. The molecule has 1 aromatic carbocycles. The van der Waals surface area contributed by atoms with E-state index in [9.17, 15) is 9.59 Å². The minimum absolute atomic E-state index is 0.134. The van der Waals surface area contributed by atoms with Crippen molar-refractivity contribution in [2.24, 2.45) is 0 Å². The van der Waals surface area contributed by atoms with E-state index >= 15 is 0 Å². The lowest BCUT2D eigenvalue weighted by atomic mass is 10.3. The molecular weight excluding hydrogens is 282 g/mol. The topological polar surface area (TPSA) is 92.7 Å². The Morgan fingerprint density at radius 3 is 2.82 bits per heavy atom. The highest BCUT2D eigenvalue weighted by Gasteiger charge is 2.14. The van der Waals surface area contributed by atoms with Gasteiger partial charge in [0.15, 0.2) is 0 Å². The predicted octanol–water partition coefficient (Wildman–Crippen LogP) is 1.78. The minimum Gasteiger partial charge on any atom is -0.310 e. The van der Waals surface area contributed by atoms with Crippen molar-refractivity contribution >= 4 is 22.9 Å². The highest BCUT2D eigenvalue weighted by atomic mass is 16.2. The number of aromatic amines is 1. The summed E-state index contributed by atoms with van der Waals surface area (Å²) in [6.45, 7) is 2.80. The van der Waals surface area contributed by atoms with Crippen LogP contribution in [-0.4, -0.2) is 25.7 Å². The van der Waals surface area contributed by atoms with Crippen molar-refractivity contribution in [3.8, 4) is 0 Å². The molecule has 22 heavy (non-hydrogen) atoms. The number of rotatable bonds is 4. The van der Waals surface area contributed by atoms with Crippen LogP contribution in [0.25, 0.3) is 11.0 Å². The number of anilines is 1. The van der Waals surface area contributed by atoms with Gasteiger partial charge in [-0.2, -0.15) is 5.10 Å². The molecule has 0 aliphatic carbocycles. The highest BCUT2D eigenvalue weighted by Crippen LogP contribution is 2.20. The van der Waals surface area contributed by atoms with Crippen LogP contribution in [0.2, 0.25) is 0 Å². The number of nitrogens with one attached hydrogen (secondary N) is 2. The molecule has 1 amide bonds. The number of H-pyrrole nitrogens is 1. The Labute approximate surface area is 126 Å². The molecule has 0 aliphatic rings. The summed E-state index contributed by atoms with van der Waals surface area (Å²) in [4.78, 5) is 27.6. The molecule has 0 unspecified atom stereocenters. The van der Waals surface area contributed by atoms with E-state index in [0.29, 0.717) is 5.95 Å². The number of hydrogen-bond donors (Lipinski definition) is 2. The number of nitrogens with zero attached hydrogens (tertiary/aromatic N) is 3. The summed E-state index contributed by atoms with van der Waals surface area (Å²) < 4.78 is 1.96. The molecule has 3 aromatic rings. The third kappa shape index (κ3) is 2.60. The third-order valence-corrected chi connectivity index (χ3v) is 3.24. The Bertz CT molecular complexity index is 861. The van der Waals surface area contributed by atoms with Crippen LogP contribution in [0.5, 0.6) is 0 Å². The summed E-state index contributed by atoms with van der Waals surface area (Å²) >= 11 is 0. The average molecular weight is 297 g/mol. The molecule has 0 saturated carbocycles. The Morgan fingerprint density at radius 1 is 1.27 bits per heavy atom. The van der Waals surface area contributed by atoms with Crippen LogP contribution in [0.4, 0.5) is 5.95 Å². The summed E-state index contributed by atoms with van der Waals surface area (Å²) in [6.07, 6.45) is 0.917. The molecule has 2 N–H and O–H groups in total. The Balaban J connectivity index is 1.95. The van der Waals surface area contributed by atoms with Crippen LogP contribution in [0.15, 0.2) is 41.2 Å². The first-order valence-electron chi connectivity index (χ1n) is 7.01. The van der Waals surface area contributed by atoms with Crippen molar-refractivity contribution in [1.29, 1.82) is 0 Å². The first-order chi connectivity index (χ1) is 10.7. The maximum absolute atomic E-state index is 12.2. The lowest BCUT2D eigenvalue weighted by Crippen LogP contribution is -2.19. The van der Waals surface area contributed by atoms with Gasteiger partial charge in [-0.1, -0.05) is 19.1 Å². The quantitative estimate of drug-likeness (QED) is 0.767. The number of aryl methyl sites for hydroxylation is 1. The smallest absolute Gasteiger partial charge is 0.278 e. The maximum Gasteiger partial charge on any atom is 0.278 e. The van der Waals surface area contributed by atoms with Gasteiger partial charge in [-0.3, -0.25) is 14.9 Å². The van der Waals surface area contributed by atoms with Gasteiger partial charge in [0.05, 0.1) is 11.0 Å². The molecular formula is C15H15N5O2. The Morgan fingerprint density at radius 2 is 2.09 bits per heavy atom. The summed E-state index contributed by atoms with van der Waals surface area (Å²) in [5.74, 6) is 0.0601. The highest BCUT2D eigenvalue weighted by molar-refractivity contribution is 6.02. The summed E-state index contributed by atoms with van der Waals surface area (Å²) in [7, 11) is 0. The van der Waals surface area contributed by atoms with Gasteiger partial charge in [-0.15, -0.1) is 0 Å². The predicted molar refractivity (Wildman–Crippen MR) is 82.8 cm³/mol. The number of benzene rings is 1. The van der Waals surface area contributed by atoms with Crippen molar-refractivity contribution in [1.82, 2.24) is 19.7 Å². The van der Waals surface area contributed by atoms with Crippen LogP contribution in [0, 0.1) is 0 Å². The van der Waals surface area contributed by atoms with E-state index < -0.39 is 5.91 Å². The van der Waals surface area contributed by atoms with Gasteiger partial charge in [0.1, 0.15) is 5.69 Å². The van der Waals surface area contributed by atoms with Gasteiger partial charge in [-0.05, 0) is 24.6 Å². The minimum atomic E-state index is -0.413. The van der Waals surface area contributed by atoms with E-state index in [4.69, 9.17) is 0 Å². The van der Waals surface area contributed by atoms with Gasteiger partial charge < -0.3 is 4.57 Å². The van der Waals surface area contributed by atoms with E-state index in [1.165, 1.54) is 12.1 Å². The van der Waals surface area contributed by atoms with Crippen molar-refractivity contribution in [2.75, 3.05) is 5.32 Å². The molecule has 7 nitrogen and oxygen atoms in total. The largest absolute Gasteiger partial charge is 0.310 e. The zero-order chi connectivity index (χ0) is 15.5. The fraction of sp³-hybridized carbons (Fsp3) is 0.200. The number of para-hydroxylation sites is 2. The van der Waals surface area contributed by atoms with E-state index in [-0.39, 0.29) is 11.3 Å². The molecule has 7 heteroatoms. The molecule has 0 fully saturated rings. The van der Waals surface area contributed by atoms with Crippen LogP contribution in [-0.2, 0) is 6.54 Å². The second kappa shape index (κ2) is 5.80. The molecule has 2 heterocycles. The van der Waals surface area contributed by atoms with Crippen molar-refractivity contribution in [2.45, 2.75) is 19.9 Å². The number of carbonyl (C=O) groups is 1. The van der Waals surface area contributed by atoms with E-state index in [0.717, 1.165) is 24.0 Å². The second-order valence-corrected chi connectivity index (χ2v) is 4.84. The average Bonchev–Trinajstić information content (AvgIpc) is 2.86. The number of fused-ring (bicyclic) bond motifs is 1. The molecule has 0 spiro atoms. The fourth-order valence-electron chi connectivity index (χ4n) is 2.26. The van der Waals surface area contributed by atoms with Crippen molar-refractivity contribution in [3.05, 3.63) is 52.4 Å². The number of aromatic nitrogens is 4. The van der Waals surface area contributed by atoms with Crippen molar-refractivity contribution in [3.63, 3.8) is 0 Å². The Kier molecular flexibility index (Phi) is 3.69. The van der Waals surface area contributed by atoms with Crippen LogP contribution in [0.3, 0.4) is 0 Å².